The number of aryl methyl sites for hydroxylation is 1. The number of rotatable bonds is 11. The van der Waals surface area contributed by atoms with Crippen molar-refractivity contribution in [3.05, 3.63) is 76.9 Å². The van der Waals surface area contributed by atoms with Gasteiger partial charge in [0.1, 0.15) is 17.3 Å². The van der Waals surface area contributed by atoms with Crippen LogP contribution in [0.5, 0.6) is 0 Å². The third-order valence-electron chi connectivity index (χ3n) is 5.62. The van der Waals surface area contributed by atoms with Gasteiger partial charge in [-0.05, 0) is 61.6 Å². The van der Waals surface area contributed by atoms with E-state index in [0.717, 1.165) is 23.2 Å². The summed E-state index contributed by atoms with van der Waals surface area (Å²) < 4.78 is 43.8. The molecule has 2 aromatic carbocycles. The van der Waals surface area contributed by atoms with Gasteiger partial charge in [-0.1, -0.05) is 24.3 Å². The summed E-state index contributed by atoms with van der Waals surface area (Å²) in [5.41, 5.74) is 3.07. The molecule has 1 aliphatic rings. The molecule has 180 valence electrons. The van der Waals surface area contributed by atoms with Gasteiger partial charge >= 0.3 is 0 Å². The van der Waals surface area contributed by atoms with E-state index in [4.69, 9.17) is 4.42 Å². The molecule has 0 atom stereocenters. The van der Waals surface area contributed by atoms with Crippen molar-refractivity contribution in [2.45, 2.75) is 44.5 Å². The molecule has 0 saturated heterocycles. The van der Waals surface area contributed by atoms with Crippen molar-refractivity contribution in [1.29, 1.82) is 0 Å². The van der Waals surface area contributed by atoms with E-state index in [1.165, 1.54) is 25.0 Å². The van der Waals surface area contributed by atoms with E-state index in [-0.39, 0.29) is 18.1 Å². The lowest BCUT2D eigenvalue weighted by atomic mass is 10.1. The van der Waals surface area contributed by atoms with Gasteiger partial charge in [0.05, 0.1) is 11.4 Å². The molecule has 0 spiro atoms. The fourth-order valence-electron chi connectivity index (χ4n) is 3.51. The van der Waals surface area contributed by atoms with E-state index in [2.05, 4.69) is 15.6 Å². The van der Waals surface area contributed by atoms with Crippen LogP contribution in [0.1, 0.15) is 35.4 Å². The van der Waals surface area contributed by atoms with Crippen LogP contribution < -0.4 is 10.6 Å². The number of aromatic nitrogens is 1. The molecule has 9 heteroatoms. The number of amides is 1. The third-order valence-corrected chi connectivity index (χ3v) is 7.04. The van der Waals surface area contributed by atoms with Gasteiger partial charge in [0.15, 0.2) is 9.84 Å². The van der Waals surface area contributed by atoms with Crippen LogP contribution >= 0.6 is 0 Å². The molecular weight excluding hydrogens is 457 g/mol. The van der Waals surface area contributed by atoms with Crippen molar-refractivity contribution >= 4 is 15.7 Å². The van der Waals surface area contributed by atoms with Crippen molar-refractivity contribution in [2.75, 3.05) is 12.3 Å². The minimum Gasteiger partial charge on any atom is -0.441 e. The van der Waals surface area contributed by atoms with Crippen molar-refractivity contribution in [1.82, 2.24) is 15.6 Å². The standard InChI is InChI=1S/C25H28FN3O4S/c1-17-23(29-25(33-17)20-6-2-19(3-7-20)14-28-22-10-11-22)15-34(31,32)16-24(30)27-13-12-18-4-8-21(26)9-5-18/h2-9,22,28H,10-16H2,1H3,(H,27,30). The summed E-state index contributed by atoms with van der Waals surface area (Å²) in [4.78, 5) is 16.5. The van der Waals surface area contributed by atoms with Gasteiger partial charge in [0.25, 0.3) is 0 Å². The molecule has 0 aliphatic heterocycles. The molecule has 0 unspecified atom stereocenters. The van der Waals surface area contributed by atoms with Gasteiger partial charge in [-0.25, -0.2) is 17.8 Å². The fourth-order valence-corrected chi connectivity index (χ4v) is 4.80. The molecular formula is C25H28FN3O4S. The first kappa shape index (κ1) is 24.1. The average Bonchev–Trinajstić information content (AvgIpc) is 3.56. The molecule has 1 aliphatic carbocycles. The maximum absolute atomic E-state index is 12.9. The summed E-state index contributed by atoms with van der Waals surface area (Å²) in [6.07, 6.45) is 2.95. The summed E-state index contributed by atoms with van der Waals surface area (Å²) in [6.45, 7) is 2.74. The second-order valence-electron chi connectivity index (χ2n) is 8.63. The Kier molecular flexibility index (Phi) is 7.43. The first-order chi connectivity index (χ1) is 16.3. The molecule has 2 N–H and O–H groups in total. The molecule has 1 heterocycles. The van der Waals surface area contributed by atoms with Crippen LogP contribution in [0.3, 0.4) is 0 Å². The molecule has 0 bridgehead atoms. The largest absolute Gasteiger partial charge is 0.441 e. The second kappa shape index (κ2) is 10.5. The van der Waals surface area contributed by atoms with Crippen LogP contribution in [0.25, 0.3) is 11.5 Å². The van der Waals surface area contributed by atoms with Crippen molar-refractivity contribution in [3.8, 4) is 11.5 Å². The molecule has 0 radical (unpaired) electrons. The van der Waals surface area contributed by atoms with Crippen molar-refractivity contribution in [2.24, 2.45) is 0 Å². The Morgan fingerprint density at radius 2 is 1.76 bits per heavy atom. The van der Waals surface area contributed by atoms with Gasteiger partial charge < -0.3 is 15.1 Å². The number of benzene rings is 2. The summed E-state index contributed by atoms with van der Waals surface area (Å²) in [7, 11) is -3.73. The van der Waals surface area contributed by atoms with E-state index in [1.807, 2.05) is 24.3 Å². The summed E-state index contributed by atoms with van der Waals surface area (Å²) >= 11 is 0. The van der Waals surface area contributed by atoms with Gasteiger partial charge in [0, 0.05) is 24.7 Å². The van der Waals surface area contributed by atoms with Gasteiger partial charge in [0.2, 0.25) is 11.8 Å². The molecule has 3 aromatic rings. The second-order valence-corrected chi connectivity index (χ2v) is 10.7. The van der Waals surface area contributed by atoms with Crippen LogP contribution in [0.4, 0.5) is 4.39 Å². The van der Waals surface area contributed by atoms with Crippen LogP contribution in [0, 0.1) is 12.7 Å². The van der Waals surface area contributed by atoms with Crippen LogP contribution in [-0.2, 0) is 33.4 Å². The number of nitrogens with zero attached hydrogens (tertiary/aromatic N) is 1. The average molecular weight is 486 g/mol. The molecule has 1 fully saturated rings. The molecule has 4 rings (SSSR count). The number of oxazole rings is 1. The van der Waals surface area contributed by atoms with Gasteiger partial charge in [-0.15, -0.1) is 0 Å². The highest BCUT2D eigenvalue weighted by Crippen LogP contribution is 2.24. The Bertz CT molecular complexity index is 1230. The predicted molar refractivity (Wildman–Crippen MR) is 127 cm³/mol. The molecule has 1 amide bonds. The first-order valence-corrected chi connectivity index (χ1v) is 13.1. The number of hydrogen-bond donors (Lipinski definition) is 2. The highest BCUT2D eigenvalue weighted by molar-refractivity contribution is 7.91. The van der Waals surface area contributed by atoms with Gasteiger partial charge in [-0.3, -0.25) is 4.79 Å². The summed E-state index contributed by atoms with van der Waals surface area (Å²) in [5, 5.41) is 6.06. The minimum atomic E-state index is -3.73. The van der Waals surface area contributed by atoms with E-state index < -0.39 is 21.5 Å². The third kappa shape index (κ3) is 6.98. The maximum Gasteiger partial charge on any atom is 0.235 e. The highest BCUT2D eigenvalue weighted by Gasteiger charge is 2.22. The van der Waals surface area contributed by atoms with E-state index >= 15 is 0 Å². The van der Waals surface area contributed by atoms with Crippen LogP contribution in [0.15, 0.2) is 52.9 Å². The maximum atomic E-state index is 12.9. The Morgan fingerprint density at radius 3 is 2.44 bits per heavy atom. The Morgan fingerprint density at radius 1 is 1.09 bits per heavy atom. The smallest absolute Gasteiger partial charge is 0.235 e. The molecule has 7 nitrogen and oxygen atoms in total. The lowest BCUT2D eigenvalue weighted by Gasteiger charge is -2.06. The Balaban J connectivity index is 1.29. The normalized spacial score (nSPS) is 13.7. The zero-order valence-corrected chi connectivity index (χ0v) is 19.8. The number of sulfone groups is 1. The van der Waals surface area contributed by atoms with Gasteiger partial charge in [-0.2, -0.15) is 0 Å². The van der Waals surface area contributed by atoms with Crippen molar-refractivity contribution < 1.29 is 22.0 Å². The van der Waals surface area contributed by atoms with Crippen LogP contribution in [0.2, 0.25) is 0 Å². The van der Waals surface area contributed by atoms with E-state index in [0.29, 0.717) is 29.8 Å². The summed E-state index contributed by atoms with van der Waals surface area (Å²) in [5.74, 6) is -1.16. The SMILES string of the molecule is Cc1oc(-c2ccc(CNC3CC3)cc2)nc1CS(=O)(=O)CC(=O)NCCc1ccc(F)cc1. The molecule has 1 aromatic heterocycles. The van der Waals surface area contributed by atoms with Crippen molar-refractivity contribution in [3.63, 3.8) is 0 Å². The zero-order valence-electron chi connectivity index (χ0n) is 19.0. The monoisotopic (exact) mass is 485 g/mol. The molecule has 34 heavy (non-hydrogen) atoms. The number of carbonyl (C=O) groups excluding carboxylic acids is 1. The topological polar surface area (TPSA) is 101 Å². The van der Waals surface area contributed by atoms with E-state index in [1.54, 1.807) is 19.1 Å². The zero-order chi connectivity index (χ0) is 24.1. The first-order valence-electron chi connectivity index (χ1n) is 11.3. The number of hydrogen-bond acceptors (Lipinski definition) is 6. The lowest BCUT2D eigenvalue weighted by Crippen LogP contribution is -2.32. The minimum absolute atomic E-state index is 0.263. The molecule has 1 saturated carbocycles. The Hall–Kier alpha value is -3.04. The van der Waals surface area contributed by atoms with E-state index in [9.17, 15) is 17.6 Å². The predicted octanol–water partition coefficient (Wildman–Crippen LogP) is 3.31. The van der Waals surface area contributed by atoms with Crippen LogP contribution in [-0.4, -0.2) is 37.6 Å². The lowest BCUT2D eigenvalue weighted by molar-refractivity contribution is -0.118. The summed E-state index contributed by atoms with van der Waals surface area (Å²) in [6, 6.07) is 14.4. The Labute approximate surface area is 198 Å². The fraction of sp³-hybridized carbons (Fsp3) is 0.360. The number of carbonyl (C=O) groups is 1. The number of halogens is 1. The number of nitrogens with one attached hydrogen (secondary N) is 2. The quantitative estimate of drug-likeness (QED) is 0.432. The highest BCUT2D eigenvalue weighted by atomic mass is 32.2.